The number of thioether (sulfide) groups is 1. The number of para-hydroxylation sites is 1. The van der Waals surface area contributed by atoms with Crippen molar-refractivity contribution in [2.75, 3.05) is 31.1 Å². The zero-order valence-electron chi connectivity index (χ0n) is 18.3. The quantitative estimate of drug-likeness (QED) is 0.521. The monoisotopic (exact) mass is 439 g/mol. The van der Waals surface area contributed by atoms with Gasteiger partial charge in [-0.05, 0) is 31.2 Å². The van der Waals surface area contributed by atoms with Crippen molar-refractivity contribution in [2.24, 2.45) is 0 Å². The normalized spacial score (nSPS) is 15.5. The SMILES string of the molecule is CC(C)c1nnc(S[C@H](C)C(=O)N2CCN(c3ccccc3)CC2)n1Cc1ccco1. The third kappa shape index (κ3) is 4.95. The van der Waals surface area contributed by atoms with Crippen LogP contribution in [0.4, 0.5) is 5.69 Å². The number of hydrogen-bond acceptors (Lipinski definition) is 6. The molecule has 31 heavy (non-hydrogen) atoms. The van der Waals surface area contributed by atoms with Crippen LogP contribution in [0.25, 0.3) is 0 Å². The van der Waals surface area contributed by atoms with E-state index in [9.17, 15) is 4.79 Å². The molecule has 0 radical (unpaired) electrons. The zero-order chi connectivity index (χ0) is 21.8. The zero-order valence-corrected chi connectivity index (χ0v) is 19.1. The van der Waals surface area contributed by atoms with E-state index in [0.29, 0.717) is 6.54 Å². The topological polar surface area (TPSA) is 67.4 Å². The molecule has 2 aromatic heterocycles. The molecule has 1 atom stereocenters. The van der Waals surface area contributed by atoms with E-state index in [0.717, 1.165) is 42.9 Å². The summed E-state index contributed by atoms with van der Waals surface area (Å²) in [7, 11) is 0. The lowest BCUT2D eigenvalue weighted by atomic mass is 10.2. The van der Waals surface area contributed by atoms with Crippen molar-refractivity contribution < 1.29 is 9.21 Å². The molecule has 0 unspecified atom stereocenters. The Morgan fingerprint density at radius 2 is 1.77 bits per heavy atom. The fraction of sp³-hybridized carbons (Fsp3) is 0.435. The highest BCUT2D eigenvalue weighted by Gasteiger charge is 2.28. The Labute approximate surface area is 187 Å². The smallest absolute Gasteiger partial charge is 0.236 e. The van der Waals surface area contributed by atoms with Crippen LogP contribution in [0.1, 0.15) is 38.3 Å². The summed E-state index contributed by atoms with van der Waals surface area (Å²) in [6.07, 6.45) is 1.67. The van der Waals surface area contributed by atoms with E-state index in [1.807, 2.05) is 30.0 Å². The fourth-order valence-electron chi connectivity index (χ4n) is 3.81. The second-order valence-corrected chi connectivity index (χ2v) is 9.38. The van der Waals surface area contributed by atoms with Crippen molar-refractivity contribution in [1.29, 1.82) is 0 Å². The Bertz CT molecular complexity index is 979. The van der Waals surface area contributed by atoms with Crippen molar-refractivity contribution in [3.8, 4) is 0 Å². The van der Waals surface area contributed by atoms with Crippen LogP contribution >= 0.6 is 11.8 Å². The number of carbonyl (C=O) groups excluding carboxylic acids is 1. The van der Waals surface area contributed by atoms with Gasteiger partial charge >= 0.3 is 0 Å². The van der Waals surface area contributed by atoms with E-state index in [1.54, 1.807) is 6.26 Å². The van der Waals surface area contributed by atoms with Crippen molar-refractivity contribution >= 4 is 23.4 Å². The van der Waals surface area contributed by atoms with Crippen LogP contribution in [0, 0.1) is 0 Å². The molecule has 164 valence electrons. The van der Waals surface area contributed by atoms with Crippen molar-refractivity contribution in [3.63, 3.8) is 0 Å². The van der Waals surface area contributed by atoms with Crippen LogP contribution in [-0.2, 0) is 11.3 Å². The van der Waals surface area contributed by atoms with Gasteiger partial charge in [0.2, 0.25) is 5.91 Å². The molecule has 1 aliphatic heterocycles. The van der Waals surface area contributed by atoms with Gasteiger partial charge < -0.3 is 14.2 Å². The lowest BCUT2D eigenvalue weighted by Gasteiger charge is -2.37. The van der Waals surface area contributed by atoms with E-state index in [-0.39, 0.29) is 17.1 Å². The summed E-state index contributed by atoms with van der Waals surface area (Å²) in [4.78, 5) is 17.4. The predicted octanol–water partition coefficient (Wildman–Crippen LogP) is 3.87. The molecule has 0 N–H and O–H groups in total. The number of hydrogen-bond donors (Lipinski definition) is 0. The summed E-state index contributed by atoms with van der Waals surface area (Å²) in [5.74, 6) is 2.12. The third-order valence-corrected chi connectivity index (χ3v) is 6.57. The number of amides is 1. The maximum Gasteiger partial charge on any atom is 0.236 e. The van der Waals surface area contributed by atoms with Crippen LogP contribution in [0.3, 0.4) is 0 Å². The average Bonchev–Trinajstić information content (AvgIpc) is 3.45. The number of piperazine rings is 1. The molecule has 0 spiro atoms. The lowest BCUT2D eigenvalue weighted by molar-refractivity contribution is -0.130. The summed E-state index contributed by atoms with van der Waals surface area (Å²) >= 11 is 1.47. The van der Waals surface area contributed by atoms with Gasteiger partial charge in [-0.1, -0.05) is 43.8 Å². The Morgan fingerprint density at radius 3 is 2.42 bits per heavy atom. The van der Waals surface area contributed by atoms with Gasteiger partial charge in [-0.2, -0.15) is 0 Å². The van der Waals surface area contributed by atoms with Crippen LogP contribution in [0.15, 0.2) is 58.3 Å². The van der Waals surface area contributed by atoms with Gasteiger partial charge in [0.15, 0.2) is 5.16 Å². The molecule has 1 aliphatic rings. The molecule has 1 aromatic carbocycles. The summed E-state index contributed by atoms with van der Waals surface area (Å²) in [5.41, 5.74) is 1.21. The molecule has 1 amide bonds. The molecule has 0 aliphatic carbocycles. The molecular weight excluding hydrogens is 410 g/mol. The van der Waals surface area contributed by atoms with Crippen molar-refractivity contribution in [1.82, 2.24) is 19.7 Å². The summed E-state index contributed by atoms with van der Waals surface area (Å²) in [5, 5.41) is 9.30. The van der Waals surface area contributed by atoms with E-state index in [4.69, 9.17) is 4.42 Å². The van der Waals surface area contributed by atoms with Gasteiger partial charge in [-0.15, -0.1) is 10.2 Å². The van der Waals surface area contributed by atoms with E-state index < -0.39 is 0 Å². The number of carbonyl (C=O) groups is 1. The molecule has 4 rings (SSSR count). The average molecular weight is 440 g/mol. The van der Waals surface area contributed by atoms with Crippen LogP contribution in [0.5, 0.6) is 0 Å². The predicted molar refractivity (Wildman–Crippen MR) is 122 cm³/mol. The molecule has 3 aromatic rings. The molecule has 3 heterocycles. The summed E-state index contributed by atoms with van der Waals surface area (Å²) < 4.78 is 7.59. The molecule has 8 heteroatoms. The fourth-order valence-corrected chi connectivity index (χ4v) is 4.75. The minimum absolute atomic E-state index is 0.149. The first-order chi connectivity index (χ1) is 15.0. The summed E-state index contributed by atoms with van der Waals surface area (Å²) in [6.45, 7) is 9.86. The number of benzene rings is 1. The van der Waals surface area contributed by atoms with E-state index >= 15 is 0 Å². The second kappa shape index (κ2) is 9.60. The Morgan fingerprint density at radius 1 is 1.03 bits per heavy atom. The van der Waals surface area contributed by atoms with Crippen LogP contribution < -0.4 is 4.90 Å². The standard InChI is InChI=1S/C23H29N5O2S/c1-17(2)21-24-25-23(28(21)16-20-10-7-15-30-20)31-18(3)22(29)27-13-11-26(12-14-27)19-8-5-4-6-9-19/h4-10,15,17-18H,11-14,16H2,1-3H3/t18-/m1/s1. The highest BCUT2D eigenvalue weighted by molar-refractivity contribution is 8.00. The van der Waals surface area contributed by atoms with Crippen molar-refractivity contribution in [2.45, 2.75) is 43.6 Å². The first-order valence-corrected chi connectivity index (χ1v) is 11.6. The minimum atomic E-state index is -0.233. The van der Waals surface area contributed by atoms with Crippen molar-refractivity contribution in [3.05, 3.63) is 60.3 Å². The van der Waals surface area contributed by atoms with Gasteiger partial charge in [-0.3, -0.25) is 9.36 Å². The van der Waals surface area contributed by atoms with Gasteiger partial charge in [-0.25, -0.2) is 0 Å². The number of anilines is 1. The molecule has 0 saturated carbocycles. The minimum Gasteiger partial charge on any atom is -0.467 e. The third-order valence-electron chi connectivity index (χ3n) is 5.50. The Kier molecular flexibility index (Phi) is 6.65. The number of nitrogens with zero attached hydrogens (tertiary/aromatic N) is 5. The Balaban J connectivity index is 1.40. The van der Waals surface area contributed by atoms with Crippen LogP contribution in [0.2, 0.25) is 0 Å². The van der Waals surface area contributed by atoms with Crippen LogP contribution in [-0.4, -0.2) is 57.0 Å². The maximum absolute atomic E-state index is 13.1. The number of rotatable bonds is 7. The molecular formula is C23H29N5O2S. The maximum atomic E-state index is 13.1. The van der Waals surface area contributed by atoms with E-state index in [1.165, 1.54) is 17.4 Å². The number of furan rings is 1. The molecule has 1 fully saturated rings. The highest BCUT2D eigenvalue weighted by atomic mass is 32.2. The van der Waals surface area contributed by atoms with Gasteiger partial charge in [0, 0.05) is 37.8 Å². The van der Waals surface area contributed by atoms with E-state index in [2.05, 4.69) is 57.8 Å². The first kappa shape index (κ1) is 21.5. The lowest BCUT2D eigenvalue weighted by Crippen LogP contribution is -2.50. The second-order valence-electron chi connectivity index (χ2n) is 8.07. The number of aromatic nitrogens is 3. The largest absolute Gasteiger partial charge is 0.467 e. The van der Waals surface area contributed by atoms with Gasteiger partial charge in [0.1, 0.15) is 11.6 Å². The Hall–Kier alpha value is -2.74. The highest BCUT2D eigenvalue weighted by Crippen LogP contribution is 2.27. The molecule has 0 bridgehead atoms. The van der Waals surface area contributed by atoms with Gasteiger partial charge in [0.25, 0.3) is 0 Å². The molecule has 7 nitrogen and oxygen atoms in total. The van der Waals surface area contributed by atoms with Gasteiger partial charge in [0.05, 0.1) is 18.1 Å². The molecule has 1 saturated heterocycles. The first-order valence-electron chi connectivity index (χ1n) is 10.7. The summed E-state index contributed by atoms with van der Waals surface area (Å²) in [6, 6.07) is 14.2.